The van der Waals surface area contributed by atoms with Gasteiger partial charge in [-0.1, -0.05) is 0 Å². The fourth-order valence-electron chi connectivity index (χ4n) is 1.74. The summed E-state index contributed by atoms with van der Waals surface area (Å²) in [6.45, 7) is 4.35. The van der Waals surface area contributed by atoms with Gasteiger partial charge in [-0.3, -0.25) is 9.71 Å². The number of nitrogens with zero attached hydrogens (tertiary/aromatic N) is 1. The van der Waals surface area contributed by atoms with E-state index in [1.165, 1.54) is 11.3 Å². The molecule has 0 unspecified atom stereocenters. The first kappa shape index (κ1) is 15.0. The van der Waals surface area contributed by atoms with Gasteiger partial charge in [-0.25, -0.2) is 8.42 Å². The van der Waals surface area contributed by atoms with Crippen molar-refractivity contribution in [3.8, 4) is 0 Å². The third-order valence-electron chi connectivity index (χ3n) is 2.85. The van der Waals surface area contributed by atoms with E-state index in [0.29, 0.717) is 22.1 Å². The van der Waals surface area contributed by atoms with Crippen LogP contribution in [0.5, 0.6) is 0 Å². The summed E-state index contributed by atoms with van der Waals surface area (Å²) in [7, 11) is -1.72. The Balaban J connectivity index is 2.31. The summed E-state index contributed by atoms with van der Waals surface area (Å²) in [6, 6.07) is 5.11. The van der Waals surface area contributed by atoms with Crippen molar-refractivity contribution >= 4 is 27.0 Å². The van der Waals surface area contributed by atoms with E-state index in [9.17, 15) is 8.42 Å². The summed E-state index contributed by atoms with van der Waals surface area (Å²) in [5, 5.41) is 3.03. The van der Waals surface area contributed by atoms with Gasteiger partial charge in [0, 0.05) is 17.6 Å². The van der Waals surface area contributed by atoms with Crippen LogP contribution < -0.4 is 10.0 Å². The van der Waals surface area contributed by atoms with Crippen molar-refractivity contribution in [1.29, 1.82) is 0 Å². The Morgan fingerprint density at radius 2 is 2.10 bits per heavy atom. The Hall–Kier alpha value is -1.44. The van der Waals surface area contributed by atoms with Gasteiger partial charge in [-0.05, 0) is 44.7 Å². The average Bonchev–Trinajstić information content (AvgIpc) is 2.75. The highest BCUT2D eigenvalue weighted by Gasteiger charge is 2.19. The van der Waals surface area contributed by atoms with Gasteiger partial charge >= 0.3 is 0 Å². The van der Waals surface area contributed by atoms with E-state index >= 15 is 0 Å². The predicted molar refractivity (Wildman–Crippen MR) is 81.6 cm³/mol. The molecule has 2 aromatic heterocycles. The molecule has 0 atom stereocenters. The molecule has 7 heteroatoms. The molecule has 108 valence electrons. The number of sulfonamides is 1. The number of pyridine rings is 1. The Morgan fingerprint density at radius 1 is 1.35 bits per heavy atom. The van der Waals surface area contributed by atoms with Crippen LogP contribution in [0.1, 0.15) is 16.1 Å². The van der Waals surface area contributed by atoms with Gasteiger partial charge in [-0.15, -0.1) is 11.3 Å². The van der Waals surface area contributed by atoms with Gasteiger partial charge in [0.05, 0.1) is 11.4 Å². The van der Waals surface area contributed by atoms with Gasteiger partial charge in [0.2, 0.25) is 0 Å². The number of hydrogen-bond acceptors (Lipinski definition) is 5. The molecule has 0 aliphatic carbocycles. The molecule has 0 spiro atoms. The van der Waals surface area contributed by atoms with Crippen molar-refractivity contribution in [3.63, 3.8) is 0 Å². The fourth-order valence-corrected chi connectivity index (χ4v) is 4.46. The number of thiophene rings is 1. The maximum absolute atomic E-state index is 12.4. The lowest BCUT2D eigenvalue weighted by Gasteiger charge is -2.07. The number of rotatable bonds is 5. The van der Waals surface area contributed by atoms with Gasteiger partial charge in [0.25, 0.3) is 10.0 Å². The van der Waals surface area contributed by atoms with Crippen LogP contribution in [0.2, 0.25) is 0 Å². The molecule has 0 saturated heterocycles. The molecule has 0 amide bonds. The van der Waals surface area contributed by atoms with Crippen LogP contribution in [0.25, 0.3) is 0 Å². The first-order valence-corrected chi connectivity index (χ1v) is 8.42. The van der Waals surface area contributed by atoms with E-state index in [1.807, 2.05) is 14.0 Å². The van der Waals surface area contributed by atoms with E-state index < -0.39 is 10.0 Å². The topological polar surface area (TPSA) is 71.1 Å². The second kappa shape index (κ2) is 5.90. The minimum absolute atomic E-state index is 0.323. The van der Waals surface area contributed by atoms with Crippen LogP contribution in [0.15, 0.2) is 28.6 Å². The lowest BCUT2D eigenvalue weighted by molar-refractivity contribution is 0.603. The number of anilines is 1. The van der Waals surface area contributed by atoms with Crippen molar-refractivity contribution in [2.24, 2.45) is 0 Å². The molecule has 0 aliphatic heterocycles. The molecule has 20 heavy (non-hydrogen) atoms. The van der Waals surface area contributed by atoms with E-state index in [1.54, 1.807) is 31.3 Å². The molecule has 5 nitrogen and oxygen atoms in total. The van der Waals surface area contributed by atoms with Crippen molar-refractivity contribution in [3.05, 3.63) is 40.5 Å². The van der Waals surface area contributed by atoms with Gasteiger partial charge in [0.1, 0.15) is 4.21 Å². The summed E-state index contributed by atoms with van der Waals surface area (Å²) in [5.74, 6) is 0. The molecule has 0 bridgehead atoms. The van der Waals surface area contributed by atoms with Crippen LogP contribution in [0.3, 0.4) is 0 Å². The number of nitrogens with one attached hydrogen (secondary N) is 2. The maximum Gasteiger partial charge on any atom is 0.271 e. The molecule has 2 aromatic rings. The normalized spacial score (nSPS) is 11.6. The molecular formula is C13H17N3O2S2. The summed E-state index contributed by atoms with van der Waals surface area (Å²) in [5.41, 5.74) is 2.14. The van der Waals surface area contributed by atoms with E-state index in [2.05, 4.69) is 15.0 Å². The molecule has 2 heterocycles. The average molecular weight is 311 g/mol. The van der Waals surface area contributed by atoms with Crippen molar-refractivity contribution in [2.45, 2.75) is 24.6 Å². The zero-order valence-electron chi connectivity index (χ0n) is 11.6. The first-order chi connectivity index (χ1) is 9.44. The molecule has 0 aliphatic rings. The van der Waals surface area contributed by atoms with Crippen LogP contribution in [-0.2, 0) is 16.6 Å². The molecule has 0 saturated carbocycles. The van der Waals surface area contributed by atoms with Crippen LogP contribution in [0, 0.1) is 13.8 Å². The zero-order chi connectivity index (χ0) is 14.8. The van der Waals surface area contributed by atoms with Crippen molar-refractivity contribution in [1.82, 2.24) is 10.3 Å². The van der Waals surface area contributed by atoms with Crippen molar-refractivity contribution in [2.75, 3.05) is 11.8 Å². The van der Waals surface area contributed by atoms with E-state index in [-0.39, 0.29) is 0 Å². The Bertz CT molecular complexity index is 708. The Morgan fingerprint density at radius 3 is 2.75 bits per heavy atom. The Kier molecular flexibility index (Phi) is 4.42. The fraction of sp³-hybridized carbons (Fsp3) is 0.308. The molecule has 2 N–H and O–H groups in total. The molecule has 0 aromatic carbocycles. The highest BCUT2D eigenvalue weighted by Crippen LogP contribution is 2.28. The standard InChI is InChI=1S/C13H17N3O2S2/c1-9-7-13(19-12(9)8-14-3)20(17,18)16-11-5-4-6-15-10(11)2/h4-7,14,16H,8H2,1-3H3. The third-order valence-corrected chi connectivity index (χ3v) is 5.93. The van der Waals surface area contributed by atoms with Crippen molar-refractivity contribution < 1.29 is 8.42 Å². The highest BCUT2D eigenvalue weighted by atomic mass is 32.2. The summed E-state index contributed by atoms with van der Waals surface area (Å²) in [6.07, 6.45) is 1.63. The maximum atomic E-state index is 12.4. The first-order valence-electron chi connectivity index (χ1n) is 6.12. The van der Waals surface area contributed by atoms with E-state index in [0.717, 1.165) is 10.4 Å². The van der Waals surface area contributed by atoms with Gasteiger partial charge in [-0.2, -0.15) is 0 Å². The minimum Gasteiger partial charge on any atom is -0.315 e. The van der Waals surface area contributed by atoms with Gasteiger partial charge in [0.15, 0.2) is 0 Å². The van der Waals surface area contributed by atoms with E-state index in [4.69, 9.17) is 0 Å². The lowest BCUT2D eigenvalue weighted by atomic mass is 10.3. The number of aromatic nitrogens is 1. The van der Waals surface area contributed by atoms with Crippen LogP contribution in [0.4, 0.5) is 5.69 Å². The smallest absolute Gasteiger partial charge is 0.271 e. The monoisotopic (exact) mass is 311 g/mol. The number of hydrogen-bond donors (Lipinski definition) is 2. The lowest BCUT2D eigenvalue weighted by Crippen LogP contribution is -2.12. The third kappa shape index (κ3) is 3.17. The second-order valence-electron chi connectivity index (χ2n) is 4.44. The zero-order valence-corrected chi connectivity index (χ0v) is 13.2. The van der Waals surface area contributed by atoms with Gasteiger partial charge < -0.3 is 5.32 Å². The molecule has 0 fully saturated rings. The minimum atomic E-state index is -3.56. The second-order valence-corrected chi connectivity index (χ2v) is 7.49. The van der Waals surface area contributed by atoms with Crippen LogP contribution >= 0.6 is 11.3 Å². The quantitative estimate of drug-likeness (QED) is 0.888. The molecular weight excluding hydrogens is 294 g/mol. The summed E-state index contributed by atoms with van der Waals surface area (Å²) < 4.78 is 27.7. The predicted octanol–water partition coefficient (Wildman–Crippen LogP) is 2.28. The molecule has 0 radical (unpaired) electrons. The highest BCUT2D eigenvalue weighted by molar-refractivity contribution is 7.94. The SMILES string of the molecule is CNCc1sc(S(=O)(=O)Nc2cccnc2C)cc1C. The largest absolute Gasteiger partial charge is 0.315 e. The Labute approximate surface area is 123 Å². The van der Waals surface area contributed by atoms with Crippen LogP contribution in [-0.4, -0.2) is 20.4 Å². The summed E-state index contributed by atoms with van der Waals surface area (Å²) in [4.78, 5) is 5.10. The molecule has 2 rings (SSSR count). The summed E-state index contributed by atoms with van der Waals surface area (Å²) >= 11 is 1.28. The number of aryl methyl sites for hydroxylation is 2.